The average Bonchev–Trinajstić information content (AvgIpc) is 3.88. The molecule has 0 radical (unpaired) electrons. The number of aromatic hydroxyl groups is 3. The number of piperazine rings is 1. The molecule has 0 saturated carbocycles. The summed E-state index contributed by atoms with van der Waals surface area (Å²) in [6.45, 7) is 12.8. The van der Waals surface area contributed by atoms with Gasteiger partial charge >= 0.3 is 18.1 Å². The van der Waals surface area contributed by atoms with Gasteiger partial charge in [-0.15, -0.1) is 5.10 Å². The number of carbonyl (C=O) groups is 2. The second-order valence-corrected chi connectivity index (χ2v) is 18.1. The molecule has 0 aliphatic carbocycles. The number of cyclic esters (lactones) is 1. The lowest BCUT2D eigenvalue weighted by molar-refractivity contribution is -0.157. The number of phenols is 2. The molecule has 1 amide bonds. The molecule has 6 aromatic rings. The number of rotatable bonds is 9. The van der Waals surface area contributed by atoms with Gasteiger partial charge in [-0.1, -0.05) is 38.0 Å². The molecule has 2 fully saturated rings. The van der Waals surface area contributed by atoms with Gasteiger partial charge < -0.3 is 44.3 Å². The van der Waals surface area contributed by atoms with E-state index in [4.69, 9.17) is 14.5 Å². The maximum absolute atomic E-state index is 13.5. The van der Waals surface area contributed by atoms with Crippen LogP contribution in [0.25, 0.3) is 39.4 Å². The summed E-state index contributed by atoms with van der Waals surface area (Å²) in [5, 5.41) is 51.0. The number of phenolic OH excluding ortho intramolecular Hbond substituents is 2. The molecule has 1 atom stereocenters. The van der Waals surface area contributed by atoms with Gasteiger partial charge in [-0.2, -0.15) is 0 Å². The van der Waals surface area contributed by atoms with Crippen molar-refractivity contribution in [1.82, 2.24) is 39.0 Å². The van der Waals surface area contributed by atoms with Crippen molar-refractivity contribution in [3.8, 4) is 51.7 Å². The van der Waals surface area contributed by atoms with Crippen LogP contribution in [0.1, 0.15) is 79.0 Å². The zero-order valence-corrected chi connectivity index (χ0v) is 37.1. The number of hydrogen-bond donors (Lipinski definition) is 4. The smallest absolute Gasteiger partial charge is 0.415 e. The molecular formula is C49H52N8O9. The maximum atomic E-state index is 13.5. The number of esters is 1. The van der Waals surface area contributed by atoms with E-state index in [9.17, 15) is 34.8 Å². The van der Waals surface area contributed by atoms with Crippen LogP contribution in [-0.2, 0) is 35.6 Å². The maximum Gasteiger partial charge on any atom is 0.415 e. The fraction of sp³-hybridized carbons (Fsp3) is 0.388. The number of likely N-dealkylation sites (tertiary alicyclic amines) is 1. The normalized spacial score (nSPS) is 17.8. The molecule has 4 N–H and O–H groups in total. The number of aromatic nitrogens is 5. The van der Waals surface area contributed by atoms with E-state index in [1.165, 1.54) is 10.6 Å². The Hall–Kier alpha value is -6.82. The minimum Gasteiger partial charge on any atom is -0.508 e. The lowest BCUT2D eigenvalue weighted by Crippen LogP contribution is -2.49. The molecule has 3 aromatic heterocycles. The monoisotopic (exact) mass is 896 g/mol. The molecule has 66 heavy (non-hydrogen) atoms. The SMILES string of the molecule is CCc1c2c(nc3ccc(OC(=O)N4CCC(CN5CCN(Cc6ccc(-n7c(O)nnc7-c7cc(C(C)C)c(O)cc7O)cc6)CC5)CC4)cc13)-c1cc3c(c(=O)n1C2)COC(=O)[C@H]3O. The Morgan fingerprint density at radius 1 is 0.879 bits per heavy atom. The topological polar surface area (TPSA) is 209 Å². The standard InChI is InChI=1S/C49H52N8O9/c1-4-32-34-19-31(9-10-39(34)50-43-37(32)25-56-40(43)21-35-38(46(56)61)26-65-47(62)44(35)60)66-49(64)55-13-11-29(12-14-55)24-54-17-15-53(16-18-54)23-28-5-7-30(8-6-28)57-45(51-52-48(57)63)36-20-33(27(2)3)41(58)22-42(36)59/h5-10,19-22,27,29,44,58-60H,4,11-18,23-26H2,1-3H3,(H,52,63)/t44-/m0/s1. The van der Waals surface area contributed by atoms with E-state index in [1.807, 2.05) is 57.2 Å². The van der Waals surface area contributed by atoms with Gasteiger partial charge in [0.25, 0.3) is 5.56 Å². The molecular weight excluding hydrogens is 845 g/mol. The van der Waals surface area contributed by atoms with E-state index >= 15 is 0 Å². The molecule has 0 spiro atoms. The van der Waals surface area contributed by atoms with Crippen LogP contribution in [0.4, 0.5) is 4.79 Å². The van der Waals surface area contributed by atoms with Crippen LogP contribution in [-0.4, -0.2) is 117 Å². The number of nitrogens with zero attached hydrogens (tertiary/aromatic N) is 8. The number of hydrogen-bond acceptors (Lipinski definition) is 14. The van der Waals surface area contributed by atoms with Crippen LogP contribution in [0.3, 0.4) is 0 Å². The molecule has 17 heteroatoms. The van der Waals surface area contributed by atoms with Crippen LogP contribution in [0.5, 0.6) is 23.3 Å². The first-order chi connectivity index (χ1) is 31.8. The number of pyridine rings is 2. The van der Waals surface area contributed by atoms with Crippen LogP contribution in [0, 0.1) is 5.92 Å². The van der Waals surface area contributed by atoms with Gasteiger partial charge in [0.1, 0.15) is 23.9 Å². The number of carbonyl (C=O) groups excluding carboxylic acids is 2. The summed E-state index contributed by atoms with van der Waals surface area (Å²) < 4.78 is 14.1. The third kappa shape index (κ3) is 7.79. The first kappa shape index (κ1) is 43.1. The van der Waals surface area contributed by atoms with Gasteiger partial charge in [-0.25, -0.2) is 19.1 Å². The lowest BCUT2D eigenvalue weighted by Gasteiger charge is -2.38. The number of aliphatic hydroxyl groups is 1. The Bertz CT molecular complexity index is 2950. The van der Waals surface area contributed by atoms with Crippen molar-refractivity contribution in [1.29, 1.82) is 0 Å². The van der Waals surface area contributed by atoms with Crippen molar-refractivity contribution in [2.45, 2.75) is 71.8 Å². The Kier molecular flexibility index (Phi) is 11.2. The molecule has 342 valence electrons. The molecule has 17 nitrogen and oxygen atoms in total. The number of benzene rings is 3. The molecule has 3 aromatic carbocycles. The van der Waals surface area contributed by atoms with Crippen molar-refractivity contribution in [3.63, 3.8) is 0 Å². The third-order valence-corrected chi connectivity index (χ3v) is 13.7. The summed E-state index contributed by atoms with van der Waals surface area (Å²) in [4.78, 5) is 50.7. The highest BCUT2D eigenvalue weighted by Gasteiger charge is 2.35. The second-order valence-electron chi connectivity index (χ2n) is 18.1. The van der Waals surface area contributed by atoms with E-state index < -0.39 is 12.1 Å². The van der Waals surface area contributed by atoms with Gasteiger partial charge in [-0.05, 0) is 90.3 Å². The van der Waals surface area contributed by atoms with E-state index in [-0.39, 0.29) is 58.6 Å². The zero-order valence-electron chi connectivity index (χ0n) is 37.1. The summed E-state index contributed by atoms with van der Waals surface area (Å²) in [5.74, 6) is 0.245. The van der Waals surface area contributed by atoms with Crippen LogP contribution >= 0.6 is 0 Å². The van der Waals surface area contributed by atoms with Gasteiger partial charge in [0.15, 0.2) is 11.9 Å². The van der Waals surface area contributed by atoms with Crippen molar-refractivity contribution in [2.24, 2.45) is 5.92 Å². The first-order valence-electron chi connectivity index (χ1n) is 22.6. The number of amides is 1. The molecule has 2 saturated heterocycles. The van der Waals surface area contributed by atoms with E-state index in [2.05, 4.69) is 20.0 Å². The molecule has 4 aliphatic rings. The van der Waals surface area contributed by atoms with Gasteiger partial charge in [-0.3, -0.25) is 9.69 Å². The average molecular weight is 897 g/mol. The molecule has 4 aliphatic heterocycles. The zero-order chi connectivity index (χ0) is 46.0. The number of fused-ring (bicyclic) bond motifs is 5. The Balaban J connectivity index is 0.716. The predicted octanol–water partition coefficient (Wildman–Crippen LogP) is 5.59. The van der Waals surface area contributed by atoms with Crippen LogP contribution < -0.4 is 10.3 Å². The van der Waals surface area contributed by atoms with Gasteiger partial charge in [0, 0.05) is 74.9 Å². The first-order valence-corrected chi connectivity index (χ1v) is 22.6. The van der Waals surface area contributed by atoms with Crippen LogP contribution in [0.2, 0.25) is 0 Å². The highest BCUT2D eigenvalue weighted by molar-refractivity contribution is 5.90. The van der Waals surface area contributed by atoms with Crippen molar-refractivity contribution in [2.75, 3.05) is 45.8 Å². The molecule has 10 rings (SSSR count). The largest absolute Gasteiger partial charge is 0.508 e. The second kappa shape index (κ2) is 17.2. The molecule has 7 heterocycles. The molecule has 0 bridgehead atoms. The minimum atomic E-state index is -1.52. The third-order valence-electron chi connectivity index (χ3n) is 13.7. The minimum absolute atomic E-state index is 0.00260. The number of piperidine rings is 1. The van der Waals surface area contributed by atoms with Crippen LogP contribution in [0.15, 0.2) is 65.5 Å². The number of ether oxygens (including phenoxy) is 2. The van der Waals surface area contributed by atoms with E-state index in [0.717, 1.165) is 74.2 Å². The van der Waals surface area contributed by atoms with Gasteiger partial charge in [0.2, 0.25) is 0 Å². The Labute approximate surface area is 380 Å². The van der Waals surface area contributed by atoms with E-state index in [1.54, 1.807) is 27.7 Å². The summed E-state index contributed by atoms with van der Waals surface area (Å²) in [6.07, 6.45) is 0.544. The molecule has 0 unspecified atom stereocenters. The summed E-state index contributed by atoms with van der Waals surface area (Å²) in [5.41, 5.74) is 6.79. The number of aliphatic hydroxyl groups excluding tert-OH is 1. The highest BCUT2D eigenvalue weighted by atomic mass is 16.6. The van der Waals surface area contributed by atoms with Crippen molar-refractivity contribution >= 4 is 23.0 Å². The lowest BCUT2D eigenvalue weighted by atomic mass is 9.96. The van der Waals surface area contributed by atoms with E-state index in [0.29, 0.717) is 71.4 Å². The van der Waals surface area contributed by atoms with Gasteiger partial charge in [0.05, 0.1) is 40.3 Å². The Morgan fingerprint density at radius 3 is 2.35 bits per heavy atom. The predicted molar refractivity (Wildman–Crippen MR) is 243 cm³/mol. The summed E-state index contributed by atoms with van der Waals surface area (Å²) >= 11 is 0. The van der Waals surface area contributed by atoms with Crippen molar-refractivity contribution < 1.29 is 39.5 Å². The van der Waals surface area contributed by atoms with Crippen molar-refractivity contribution in [3.05, 3.63) is 104 Å². The fourth-order valence-electron chi connectivity index (χ4n) is 10.0. The summed E-state index contributed by atoms with van der Waals surface area (Å²) in [6, 6.07) is 17.6. The quantitative estimate of drug-likeness (QED) is 0.130. The Morgan fingerprint density at radius 2 is 1.62 bits per heavy atom. The highest BCUT2D eigenvalue weighted by Crippen LogP contribution is 2.41. The summed E-state index contributed by atoms with van der Waals surface area (Å²) in [7, 11) is 0. The number of aryl methyl sites for hydroxylation is 1. The fourth-order valence-corrected chi connectivity index (χ4v) is 10.0.